The molecule has 1 aromatic heterocycles. The molecule has 223 valence electrons. The van der Waals surface area contributed by atoms with Crippen LogP contribution < -0.4 is 21.3 Å². The molecule has 0 bridgehead atoms. The molecule has 1 heterocycles. The Bertz CT molecular complexity index is 1660. The van der Waals surface area contributed by atoms with Gasteiger partial charge in [0.25, 0.3) is 0 Å². The van der Waals surface area contributed by atoms with Crippen molar-refractivity contribution in [3.05, 3.63) is 175 Å². The first kappa shape index (κ1) is 30.6. The normalized spacial score (nSPS) is 11.5. The van der Waals surface area contributed by atoms with E-state index in [0.717, 1.165) is 18.3 Å². The molecule has 1 radical (unpaired) electrons. The van der Waals surface area contributed by atoms with Gasteiger partial charge in [-0.15, -0.1) is 0 Å². The number of rotatable bonds is 14. The van der Waals surface area contributed by atoms with Gasteiger partial charge in [-0.1, -0.05) is 172 Å². The predicted octanol–water partition coefficient (Wildman–Crippen LogP) is 6.83. The number of aromatic nitrogens is 2. The van der Waals surface area contributed by atoms with E-state index in [1.807, 2.05) is 6.20 Å². The summed E-state index contributed by atoms with van der Waals surface area (Å²) in [5, 5.41) is 4.29. The summed E-state index contributed by atoms with van der Waals surface area (Å²) in [7, 11) is -0.201. The van der Waals surface area contributed by atoms with Crippen molar-refractivity contribution in [1.82, 2.24) is 9.55 Å². The Hall–Kier alpha value is -4.41. The summed E-state index contributed by atoms with van der Waals surface area (Å²) in [6, 6.07) is 53.6. The van der Waals surface area contributed by atoms with E-state index in [-0.39, 0.29) is 5.82 Å². The van der Waals surface area contributed by atoms with E-state index < -0.39 is 8.07 Å². The van der Waals surface area contributed by atoms with Crippen LogP contribution in [0, 0.1) is 0 Å². The van der Waals surface area contributed by atoms with Crippen molar-refractivity contribution in [3.8, 4) is 0 Å². The molecule has 6 aromatic rings. The van der Waals surface area contributed by atoms with E-state index in [2.05, 4.69) is 171 Å². The summed E-state index contributed by atoms with van der Waals surface area (Å²) in [6.45, 7) is 2.28. The van der Waals surface area contributed by atoms with E-state index in [1.54, 1.807) is 0 Å². The van der Waals surface area contributed by atoms with Gasteiger partial charge in [-0.3, -0.25) is 4.98 Å². The molecule has 4 heteroatoms. The van der Waals surface area contributed by atoms with Gasteiger partial charge < -0.3 is 4.57 Å². The van der Waals surface area contributed by atoms with Gasteiger partial charge in [-0.25, -0.2) is 0 Å². The molecule has 0 aliphatic carbocycles. The molecule has 0 saturated carbocycles. The number of aryl methyl sites for hydroxylation is 1. The zero-order valence-corrected chi connectivity index (χ0v) is 27.3. The van der Waals surface area contributed by atoms with E-state index in [9.17, 15) is 0 Å². The van der Waals surface area contributed by atoms with Crippen LogP contribution >= 0.6 is 0 Å². The molecule has 0 saturated heterocycles. The second kappa shape index (κ2) is 15.1. The van der Waals surface area contributed by atoms with Crippen molar-refractivity contribution in [1.29, 1.82) is 0 Å². The summed E-state index contributed by atoms with van der Waals surface area (Å²) in [4.78, 5) is 4.98. The van der Waals surface area contributed by atoms with E-state index >= 15 is 0 Å². The second-order valence-electron chi connectivity index (χ2n) is 12.0. The molecule has 6 rings (SSSR count). The minimum Gasteiger partial charge on any atom is -0.345 e. The fraction of sp³-hybridized carbons (Fsp3) is 0.195. The molecule has 0 unspecified atom stereocenters. The Morgan fingerprint density at radius 2 is 1.18 bits per heavy atom. The Labute approximate surface area is 271 Å². The van der Waals surface area contributed by atoms with Gasteiger partial charge in [0.1, 0.15) is 0 Å². The van der Waals surface area contributed by atoms with Crippen molar-refractivity contribution in [3.63, 3.8) is 0 Å². The molecule has 0 amide bonds. The average Bonchev–Trinajstić information content (AvgIpc) is 3.56. The van der Waals surface area contributed by atoms with Gasteiger partial charge in [-0.2, -0.15) is 0 Å². The lowest BCUT2D eigenvalue weighted by atomic mass is 9.58. The summed E-state index contributed by atoms with van der Waals surface area (Å²) in [6.07, 6.45) is 11.2. The van der Waals surface area contributed by atoms with Crippen LogP contribution in [-0.4, -0.2) is 24.9 Å². The fourth-order valence-electron chi connectivity index (χ4n) is 6.69. The third-order valence-corrected chi connectivity index (χ3v) is 13.8. The molecule has 2 nitrogen and oxygen atoms in total. The van der Waals surface area contributed by atoms with Crippen LogP contribution in [0.25, 0.3) is 0 Å². The number of hydrogen-bond donors (Lipinski definition) is 0. The minimum atomic E-state index is -2.55. The van der Waals surface area contributed by atoms with Gasteiger partial charge in [0.05, 0.1) is 5.72 Å². The highest BCUT2D eigenvalue weighted by Gasteiger charge is 2.40. The van der Waals surface area contributed by atoms with E-state index in [4.69, 9.17) is 4.98 Å². The first-order valence-electron chi connectivity index (χ1n) is 16.4. The highest BCUT2D eigenvalue weighted by atomic mass is 28.3. The van der Waals surface area contributed by atoms with Crippen LogP contribution in [-0.2, 0) is 12.6 Å². The van der Waals surface area contributed by atoms with E-state index in [1.165, 1.54) is 57.9 Å². The van der Waals surface area contributed by atoms with Crippen molar-refractivity contribution >= 4 is 36.6 Å². The number of benzene rings is 5. The lowest BCUT2D eigenvalue weighted by molar-refractivity contribution is 0.667. The summed E-state index contributed by atoms with van der Waals surface area (Å²) in [5.74, 6) is 0.101. The van der Waals surface area contributed by atoms with Gasteiger partial charge in [0.2, 0.25) is 7.28 Å². The van der Waals surface area contributed by atoms with Crippen LogP contribution in [0.2, 0.25) is 0 Å². The quantitative estimate of drug-likeness (QED) is 0.0760. The molecular weight excluding hydrogens is 559 g/mol. The molecule has 45 heavy (non-hydrogen) atoms. The summed E-state index contributed by atoms with van der Waals surface area (Å²) in [5.41, 5.74) is 4.98. The van der Waals surface area contributed by atoms with Crippen LogP contribution in [0.4, 0.5) is 0 Å². The molecule has 0 atom stereocenters. The molecule has 0 aliphatic rings. The van der Waals surface area contributed by atoms with Crippen LogP contribution in [0.3, 0.4) is 0 Å². The monoisotopic (exact) mass is 601 g/mol. The molecular formula is C41H42BN2Si. The van der Waals surface area contributed by atoms with Gasteiger partial charge in [-0.05, 0) is 50.9 Å². The average molecular weight is 602 g/mol. The molecule has 0 N–H and O–H groups in total. The Kier molecular flexibility index (Phi) is 10.2. The SMILES string of the molecule is CCCCCCc1cccc([Si](Cn2ccnc2[B]C(c2ccccc2)c2ccccc2)(c2ccccc2)c2ccccc2)c1. The Morgan fingerprint density at radius 3 is 1.76 bits per heavy atom. The number of hydrogen-bond acceptors (Lipinski definition) is 1. The molecule has 5 aromatic carbocycles. The van der Waals surface area contributed by atoms with Crippen molar-refractivity contribution in [2.45, 2.75) is 51.0 Å². The zero-order valence-electron chi connectivity index (χ0n) is 26.3. The van der Waals surface area contributed by atoms with Crippen molar-refractivity contribution in [2.75, 3.05) is 0 Å². The first-order chi connectivity index (χ1) is 22.3. The fourth-order valence-corrected chi connectivity index (χ4v) is 11.4. The molecule has 0 spiro atoms. The largest absolute Gasteiger partial charge is 0.345 e. The Balaban J connectivity index is 1.45. The number of imidazole rings is 1. The molecule has 0 fully saturated rings. The number of unbranched alkanes of at least 4 members (excludes halogenated alkanes) is 3. The van der Waals surface area contributed by atoms with Crippen molar-refractivity contribution < 1.29 is 0 Å². The second-order valence-corrected chi connectivity index (χ2v) is 15.9. The lowest BCUT2D eigenvalue weighted by Gasteiger charge is -2.35. The maximum absolute atomic E-state index is 4.98. The highest BCUT2D eigenvalue weighted by molar-refractivity contribution is 7.10. The standard InChI is InChI=1S/C41H42BN2Si/c1-2-3-4-9-19-34-20-18-29-39(32-34)45(37-25-14-7-15-26-37,38-27-16-8-17-28-38)33-44-31-30-43-41(44)42-40(35-21-10-5-11-22-35)36-23-12-6-13-24-36/h5-8,10-18,20-32,40H,2-4,9,19,33H2,1H3. The Morgan fingerprint density at radius 1 is 0.622 bits per heavy atom. The van der Waals surface area contributed by atoms with Gasteiger partial charge in [0.15, 0.2) is 8.07 Å². The van der Waals surface area contributed by atoms with Gasteiger partial charge >= 0.3 is 0 Å². The van der Waals surface area contributed by atoms with E-state index in [0.29, 0.717) is 0 Å². The molecule has 0 aliphatic heterocycles. The van der Waals surface area contributed by atoms with Crippen molar-refractivity contribution in [2.24, 2.45) is 0 Å². The van der Waals surface area contributed by atoms with Gasteiger partial charge in [0, 0.05) is 18.6 Å². The third kappa shape index (κ3) is 7.13. The third-order valence-electron chi connectivity index (χ3n) is 9.06. The van der Waals surface area contributed by atoms with Crippen LogP contribution in [0.5, 0.6) is 0 Å². The summed E-state index contributed by atoms with van der Waals surface area (Å²) >= 11 is 0. The smallest absolute Gasteiger partial charge is 0.215 e. The maximum Gasteiger partial charge on any atom is 0.215 e. The van der Waals surface area contributed by atoms with Crippen LogP contribution in [0.1, 0.15) is 55.1 Å². The topological polar surface area (TPSA) is 17.8 Å². The minimum absolute atomic E-state index is 0.101. The highest BCUT2D eigenvalue weighted by Crippen LogP contribution is 2.23. The first-order valence-corrected chi connectivity index (χ1v) is 18.6. The zero-order chi connectivity index (χ0) is 30.7. The van der Waals surface area contributed by atoms with Crippen LogP contribution in [0.15, 0.2) is 158 Å². The predicted molar refractivity (Wildman–Crippen MR) is 194 cm³/mol. The number of nitrogens with zero attached hydrogens (tertiary/aromatic N) is 2. The maximum atomic E-state index is 4.98. The summed E-state index contributed by atoms with van der Waals surface area (Å²) < 4.78 is 2.42. The lowest BCUT2D eigenvalue weighted by Crippen LogP contribution is -2.70.